The molecule has 0 aliphatic rings. The van der Waals surface area contributed by atoms with Gasteiger partial charge in [-0.15, -0.1) is 15.0 Å². The SMILES string of the molecule is NCCc1ccc(Br)cc1-n1nnc(-c2ccccc2)n1. The lowest BCUT2D eigenvalue weighted by molar-refractivity contribution is 0.710. The van der Waals surface area contributed by atoms with Crippen LogP contribution in [0.3, 0.4) is 0 Å². The molecule has 5 nitrogen and oxygen atoms in total. The molecule has 2 aromatic carbocycles. The topological polar surface area (TPSA) is 69.6 Å². The highest BCUT2D eigenvalue weighted by atomic mass is 79.9. The molecule has 0 aliphatic carbocycles. The average Bonchev–Trinajstić information content (AvgIpc) is 3.00. The predicted molar refractivity (Wildman–Crippen MR) is 85.0 cm³/mol. The summed E-state index contributed by atoms with van der Waals surface area (Å²) in [5, 5.41) is 12.8. The summed E-state index contributed by atoms with van der Waals surface area (Å²) in [6.07, 6.45) is 0.769. The minimum Gasteiger partial charge on any atom is -0.330 e. The summed E-state index contributed by atoms with van der Waals surface area (Å²) in [4.78, 5) is 1.55. The van der Waals surface area contributed by atoms with Crippen molar-refractivity contribution < 1.29 is 0 Å². The smallest absolute Gasteiger partial charge is 0.205 e. The first-order chi connectivity index (χ1) is 10.3. The van der Waals surface area contributed by atoms with Gasteiger partial charge >= 0.3 is 0 Å². The molecule has 0 fully saturated rings. The molecule has 0 saturated carbocycles. The maximum Gasteiger partial charge on any atom is 0.205 e. The van der Waals surface area contributed by atoms with Crippen molar-refractivity contribution in [2.75, 3.05) is 6.54 Å². The molecule has 0 radical (unpaired) electrons. The number of halogens is 1. The van der Waals surface area contributed by atoms with Gasteiger partial charge in [-0.3, -0.25) is 0 Å². The zero-order valence-corrected chi connectivity index (χ0v) is 12.9. The molecule has 0 bridgehead atoms. The summed E-state index contributed by atoms with van der Waals surface area (Å²) < 4.78 is 0.969. The highest BCUT2D eigenvalue weighted by Gasteiger charge is 2.10. The van der Waals surface area contributed by atoms with E-state index in [0.29, 0.717) is 12.4 Å². The van der Waals surface area contributed by atoms with Crippen LogP contribution < -0.4 is 5.73 Å². The lowest BCUT2D eigenvalue weighted by Gasteiger charge is -2.07. The molecule has 3 aromatic rings. The number of benzene rings is 2. The van der Waals surface area contributed by atoms with E-state index in [0.717, 1.165) is 27.7 Å². The number of rotatable bonds is 4. The van der Waals surface area contributed by atoms with Crippen LogP contribution in [-0.2, 0) is 6.42 Å². The van der Waals surface area contributed by atoms with Crippen LogP contribution in [0.5, 0.6) is 0 Å². The van der Waals surface area contributed by atoms with E-state index < -0.39 is 0 Å². The molecule has 0 unspecified atom stereocenters. The molecule has 0 aliphatic heterocycles. The predicted octanol–water partition coefficient (Wildman–Crippen LogP) is 2.59. The van der Waals surface area contributed by atoms with Crippen molar-refractivity contribution in [3.8, 4) is 17.1 Å². The second-order valence-corrected chi connectivity index (χ2v) is 5.50. The van der Waals surface area contributed by atoms with E-state index in [4.69, 9.17) is 5.73 Å². The third kappa shape index (κ3) is 3.01. The van der Waals surface area contributed by atoms with Crippen LogP contribution in [0.4, 0.5) is 0 Å². The van der Waals surface area contributed by atoms with E-state index in [1.807, 2.05) is 48.5 Å². The maximum absolute atomic E-state index is 5.66. The van der Waals surface area contributed by atoms with Crippen LogP contribution in [0.1, 0.15) is 5.56 Å². The Balaban J connectivity index is 2.02. The molecular weight excluding hydrogens is 330 g/mol. The summed E-state index contributed by atoms with van der Waals surface area (Å²) >= 11 is 3.48. The summed E-state index contributed by atoms with van der Waals surface area (Å²) in [5.41, 5.74) is 8.60. The van der Waals surface area contributed by atoms with Crippen LogP contribution in [-0.4, -0.2) is 26.8 Å². The Morgan fingerprint density at radius 2 is 1.90 bits per heavy atom. The number of hydrogen-bond acceptors (Lipinski definition) is 4. The van der Waals surface area contributed by atoms with E-state index in [-0.39, 0.29) is 0 Å². The Morgan fingerprint density at radius 3 is 2.67 bits per heavy atom. The molecule has 0 spiro atoms. The quantitative estimate of drug-likeness (QED) is 0.790. The fourth-order valence-corrected chi connectivity index (χ4v) is 2.46. The standard InChI is InChI=1S/C15H14BrN5/c16-13-7-6-11(8-9-17)14(10-13)21-19-15(18-20-21)12-4-2-1-3-5-12/h1-7,10H,8-9,17H2. The number of nitrogens with zero attached hydrogens (tertiary/aromatic N) is 4. The molecule has 0 saturated heterocycles. The van der Waals surface area contributed by atoms with E-state index in [9.17, 15) is 0 Å². The third-order valence-corrected chi connectivity index (χ3v) is 3.62. The summed E-state index contributed by atoms with van der Waals surface area (Å²) in [5.74, 6) is 0.606. The number of hydrogen-bond donors (Lipinski definition) is 1. The van der Waals surface area contributed by atoms with Gasteiger partial charge in [0, 0.05) is 10.0 Å². The summed E-state index contributed by atoms with van der Waals surface area (Å²) in [7, 11) is 0. The lowest BCUT2D eigenvalue weighted by Crippen LogP contribution is -2.08. The number of nitrogens with two attached hydrogens (primary N) is 1. The monoisotopic (exact) mass is 343 g/mol. The molecule has 21 heavy (non-hydrogen) atoms. The highest BCUT2D eigenvalue weighted by molar-refractivity contribution is 9.10. The zero-order chi connectivity index (χ0) is 14.7. The van der Waals surface area contributed by atoms with Gasteiger partial charge in [0.05, 0.1) is 5.69 Å². The van der Waals surface area contributed by atoms with Gasteiger partial charge in [0.15, 0.2) is 0 Å². The maximum atomic E-state index is 5.66. The fraction of sp³-hybridized carbons (Fsp3) is 0.133. The zero-order valence-electron chi connectivity index (χ0n) is 11.3. The minimum atomic E-state index is 0.578. The molecule has 1 aromatic heterocycles. The highest BCUT2D eigenvalue weighted by Crippen LogP contribution is 2.21. The van der Waals surface area contributed by atoms with Gasteiger partial charge < -0.3 is 5.73 Å². The molecule has 106 valence electrons. The van der Waals surface area contributed by atoms with E-state index in [1.54, 1.807) is 4.80 Å². The Labute approximate surface area is 130 Å². The van der Waals surface area contributed by atoms with Gasteiger partial charge in [-0.2, -0.15) is 0 Å². The summed E-state index contributed by atoms with van der Waals surface area (Å²) in [6.45, 7) is 0.578. The number of aromatic nitrogens is 4. The van der Waals surface area contributed by atoms with Crippen molar-refractivity contribution in [1.82, 2.24) is 20.2 Å². The Bertz CT molecular complexity index is 739. The van der Waals surface area contributed by atoms with Crippen LogP contribution in [0.25, 0.3) is 17.1 Å². The van der Waals surface area contributed by atoms with Gasteiger partial charge in [0.2, 0.25) is 5.82 Å². The third-order valence-electron chi connectivity index (χ3n) is 3.12. The normalized spacial score (nSPS) is 10.8. The van der Waals surface area contributed by atoms with Crippen molar-refractivity contribution >= 4 is 15.9 Å². The molecule has 0 amide bonds. The van der Waals surface area contributed by atoms with Gasteiger partial charge in [0.25, 0.3) is 0 Å². The van der Waals surface area contributed by atoms with E-state index in [1.165, 1.54) is 0 Å². The summed E-state index contributed by atoms with van der Waals surface area (Å²) in [6, 6.07) is 15.8. The van der Waals surface area contributed by atoms with E-state index >= 15 is 0 Å². The lowest BCUT2D eigenvalue weighted by atomic mass is 10.1. The first-order valence-corrected chi connectivity index (χ1v) is 7.41. The number of tetrazole rings is 1. The van der Waals surface area contributed by atoms with Gasteiger partial charge in [-0.1, -0.05) is 52.3 Å². The second kappa shape index (κ2) is 6.15. The average molecular weight is 344 g/mol. The molecular formula is C15H14BrN5. The first kappa shape index (κ1) is 13.9. The molecule has 1 heterocycles. The van der Waals surface area contributed by atoms with Crippen molar-refractivity contribution in [3.63, 3.8) is 0 Å². The minimum absolute atomic E-state index is 0.578. The molecule has 3 rings (SSSR count). The van der Waals surface area contributed by atoms with Crippen LogP contribution in [0.15, 0.2) is 53.0 Å². The van der Waals surface area contributed by atoms with Crippen molar-refractivity contribution in [3.05, 3.63) is 58.6 Å². The van der Waals surface area contributed by atoms with Gasteiger partial charge in [-0.25, -0.2) is 0 Å². The van der Waals surface area contributed by atoms with E-state index in [2.05, 4.69) is 31.3 Å². The Morgan fingerprint density at radius 1 is 1.10 bits per heavy atom. The van der Waals surface area contributed by atoms with Gasteiger partial charge in [-0.05, 0) is 35.9 Å². The van der Waals surface area contributed by atoms with Crippen molar-refractivity contribution in [2.24, 2.45) is 5.73 Å². The van der Waals surface area contributed by atoms with Crippen LogP contribution in [0, 0.1) is 0 Å². The van der Waals surface area contributed by atoms with Gasteiger partial charge in [0.1, 0.15) is 0 Å². The molecule has 2 N–H and O–H groups in total. The molecule has 6 heteroatoms. The van der Waals surface area contributed by atoms with Crippen molar-refractivity contribution in [1.29, 1.82) is 0 Å². The molecule has 0 atom stereocenters. The van der Waals surface area contributed by atoms with Crippen molar-refractivity contribution in [2.45, 2.75) is 6.42 Å². The first-order valence-electron chi connectivity index (χ1n) is 6.62. The second-order valence-electron chi connectivity index (χ2n) is 4.58. The Kier molecular flexibility index (Phi) is 4.08. The van der Waals surface area contributed by atoms with Crippen LogP contribution >= 0.6 is 15.9 Å². The van der Waals surface area contributed by atoms with Crippen LogP contribution in [0.2, 0.25) is 0 Å². The fourth-order valence-electron chi connectivity index (χ4n) is 2.11. The Hall–Kier alpha value is -2.05. The largest absolute Gasteiger partial charge is 0.330 e.